The molecule has 0 fully saturated rings. The quantitative estimate of drug-likeness (QED) is 0.773. The van der Waals surface area contributed by atoms with E-state index in [-0.39, 0.29) is 10.8 Å². The van der Waals surface area contributed by atoms with Crippen molar-refractivity contribution in [2.75, 3.05) is 6.54 Å². The first-order valence-corrected chi connectivity index (χ1v) is 7.08. The SMILES string of the molecule is CCNC(CCc1ccc(Cl)c(F)c1)CC(C)C. The van der Waals surface area contributed by atoms with Crippen molar-refractivity contribution in [1.29, 1.82) is 0 Å². The number of rotatable bonds is 7. The lowest BCUT2D eigenvalue weighted by Gasteiger charge is -2.19. The van der Waals surface area contributed by atoms with Gasteiger partial charge in [0.1, 0.15) is 5.82 Å². The van der Waals surface area contributed by atoms with E-state index in [2.05, 4.69) is 26.1 Å². The van der Waals surface area contributed by atoms with Gasteiger partial charge in [-0.3, -0.25) is 0 Å². The lowest BCUT2D eigenvalue weighted by molar-refractivity contribution is 0.405. The third kappa shape index (κ3) is 5.36. The molecule has 0 aromatic heterocycles. The second kappa shape index (κ2) is 7.75. The summed E-state index contributed by atoms with van der Waals surface area (Å²) in [6.07, 6.45) is 3.08. The van der Waals surface area contributed by atoms with Crippen molar-refractivity contribution in [1.82, 2.24) is 5.32 Å². The molecular weight excluding hydrogens is 249 g/mol. The number of benzene rings is 1. The zero-order chi connectivity index (χ0) is 13.5. The second-order valence-electron chi connectivity index (χ2n) is 5.17. The Bertz CT molecular complexity index is 366. The van der Waals surface area contributed by atoms with E-state index in [0.717, 1.165) is 31.4 Å². The molecule has 3 heteroatoms. The van der Waals surface area contributed by atoms with E-state index < -0.39 is 0 Å². The highest BCUT2D eigenvalue weighted by molar-refractivity contribution is 6.30. The molecule has 102 valence electrons. The van der Waals surface area contributed by atoms with Gasteiger partial charge in [0.15, 0.2) is 0 Å². The topological polar surface area (TPSA) is 12.0 Å². The predicted molar refractivity (Wildman–Crippen MR) is 76.7 cm³/mol. The fourth-order valence-corrected chi connectivity index (χ4v) is 2.31. The van der Waals surface area contributed by atoms with Gasteiger partial charge in [-0.2, -0.15) is 0 Å². The first-order chi connectivity index (χ1) is 8.52. The average Bonchev–Trinajstić information content (AvgIpc) is 2.30. The van der Waals surface area contributed by atoms with Crippen LogP contribution in [0.15, 0.2) is 18.2 Å². The molecule has 0 amide bonds. The molecule has 1 rings (SSSR count). The summed E-state index contributed by atoms with van der Waals surface area (Å²) in [7, 11) is 0. The minimum atomic E-state index is -0.321. The Morgan fingerprint density at radius 2 is 2.06 bits per heavy atom. The molecule has 0 saturated heterocycles. The molecule has 0 bridgehead atoms. The van der Waals surface area contributed by atoms with E-state index in [0.29, 0.717) is 12.0 Å². The Kier molecular flexibility index (Phi) is 6.66. The van der Waals surface area contributed by atoms with Crippen LogP contribution in [0.5, 0.6) is 0 Å². The molecule has 18 heavy (non-hydrogen) atoms. The summed E-state index contributed by atoms with van der Waals surface area (Å²) in [4.78, 5) is 0. The maximum Gasteiger partial charge on any atom is 0.142 e. The van der Waals surface area contributed by atoms with E-state index in [1.165, 1.54) is 0 Å². The van der Waals surface area contributed by atoms with Gasteiger partial charge < -0.3 is 5.32 Å². The van der Waals surface area contributed by atoms with E-state index >= 15 is 0 Å². The van der Waals surface area contributed by atoms with Crippen molar-refractivity contribution in [3.63, 3.8) is 0 Å². The Morgan fingerprint density at radius 1 is 1.33 bits per heavy atom. The number of aryl methyl sites for hydroxylation is 1. The average molecular weight is 272 g/mol. The summed E-state index contributed by atoms with van der Waals surface area (Å²) >= 11 is 5.67. The Labute approximate surface area is 115 Å². The lowest BCUT2D eigenvalue weighted by Crippen LogP contribution is -2.30. The monoisotopic (exact) mass is 271 g/mol. The summed E-state index contributed by atoms with van der Waals surface area (Å²) in [5.41, 5.74) is 1.02. The normalized spacial score (nSPS) is 13.0. The van der Waals surface area contributed by atoms with Gasteiger partial charge in [0.2, 0.25) is 0 Å². The Hall–Kier alpha value is -0.600. The fraction of sp³-hybridized carbons (Fsp3) is 0.600. The van der Waals surface area contributed by atoms with Crippen LogP contribution in [0.1, 0.15) is 39.2 Å². The standard InChI is InChI=1S/C15H23ClFN/c1-4-18-13(9-11(2)3)7-5-12-6-8-14(16)15(17)10-12/h6,8,10-11,13,18H,4-5,7,9H2,1-3H3. The van der Waals surface area contributed by atoms with Crippen molar-refractivity contribution in [3.8, 4) is 0 Å². The molecule has 1 N–H and O–H groups in total. The zero-order valence-electron chi connectivity index (χ0n) is 11.5. The van der Waals surface area contributed by atoms with Gasteiger partial charge in [-0.1, -0.05) is 38.4 Å². The fourth-order valence-electron chi connectivity index (χ4n) is 2.20. The summed E-state index contributed by atoms with van der Waals surface area (Å²) in [5, 5.41) is 3.69. The van der Waals surface area contributed by atoms with Crippen LogP contribution < -0.4 is 5.32 Å². The lowest BCUT2D eigenvalue weighted by atomic mass is 9.97. The third-order valence-electron chi connectivity index (χ3n) is 3.01. The van der Waals surface area contributed by atoms with E-state index in [9.17, 15) is 4.39 Å². The largest absolute Gasteiger partial charge is 0.314 e. The van der Waals surface area contributed by atoms with Crippen molar-refractivity contribution in [2.45, 2.75) is 46.1 Å². The summed E-state index contributed by atoms with van der Waals surface area (Å²) < 4.78 is 13.3. The molecule has 0 saturated carbocycles. The number of hydrogen-bond donors (Lipinski definition) is 1. The second-order valence-corrected chi connectivity index (χ2v) is 5.58. The molecule has 1 nitrogen and oxygen atoms in total. The Balaban J connectivity index is 2.52. The summed E-state index contributed by atoms with van der Waals surface area (Å²) in [6, 6.07) is 5.59. The first kappa shape index (κ1) is 15.5. The van der Waals surface area contributed by atoms with Crippen molar-refractivity contribution in [3.05, 3.63) is 34.6 Å². The summed E-state index contributed by atoms with van der Waals surface area (Å²) in [6.45, 7) is 7.56. The molecule has 1 aromatic rings. The molecule has 0 heterocycles. The van der Waals surface area contributed by atoms with Gasteiger partial charge >= 0.3 is 0 Å². The van der Waals surface area contributed by atoms with Gasteiger partial charge in [0.25, 0.3) is 0 Å². The van der Waals surface area contributed by atoms with E-state index in [1.54, 1.807) is 12.1 Å². The first-order valence-electron chi connectivity index (χ1n) is 6.70. The van der Waals surface area contributed by atoms with Gasteiger partial charge in [0.05, 0.1) is 5.02 Å². The molecule has 1 aromatic carbocycles. The van der Waals surface area contributed by atoms with Gasteiger partial charge in [-0.15, -0.1) is 0 Å². The highest BCUT2D eigenvalue weighted by Gasteiger charge is 2.10. The van der Waals surface area contributed by atoms with E-state index in [4.69, 9.17) is 11.6 Å². The molecule has 0 radical (unpaired) electrons. The van der Waals surface area contributed by atoms with Crippen molar-refractivity contribution in [2.24, 2.45) is 5.92 Å². The van der Waals surface area contributed by atoms with Crippen molar-refractivity contribution >= 4 is 11.6 Å². The van der Waals surface area contributed by atoms with Gasteiger partial charge in [-0.05, 0) is 49.4 Å². The number of halogens is 2. The molecule has 0 spiro atoms. The van der Waals surface area contributed by atoms with Crippen LogP contribution in [0, 0.1) is 11.7 Å². The van der Waals surface area contributed by atoms with Gasteiger partial charge in [-0.25, -0.2) is 4.39 Å². The molecule has 1 unspecified atom stereocenters. The third-order valence-corrected chi connectivity index (χ3v) is 3.32. The highest BCUT2D eigenvalue weighted by atomic mass is 35.5. The smallest absolute Gasteiger partial charge is 0.142 e. The van der Waals surface area contributed by atoms with Crippen LogP contribution in [0.2, 0.25) is 5.02 Å². The zero-order valence-corrected chi connectivity index (χ0v) is 12.2. The minimum Gasteiger partial charge on any atom is -0.314 e. The van der Waals surface area contributed by atoms with Gasteiger partial charge in [0, 0.05) is 6.04 Å². The maximum absolute atomic E-state index is 13.3. The number of hydrogen-bond acceptors (Lipinski definition) is 1. The van der Waals surface area contributed by atoms with E-state index in [1.807, 2.05) is 6.07 Å². The van der Waals surface area contributed by atoms with Crippen LogP contribution in [0.3, 0.4) is 0 Å². The van der Waals surface area contributed by atoms with Crippen molar-refractivity contribution < 1.29 is 4.39 Å². The minimum absolute atomic E-state index is 0.198. The number of nitrogens with one attached hydrogen (secondary N) is 1. The molecule has 0 aliphatic rings. The molecule has 0 aliphatic heterocycles. The van der Waals surface area contributed by atoms with Crippen LogP contribution >= 0.6 is 11.6 Å². The van der Waals surface area contributed by atoms with Crippen LogP contribution in [-0.4, -0.2) is 12.6 Å². The van der Waals surface area contributed by atoms with Crippen LogP contribution in [0.25, 0.3) is 0 Å². The highest BCUT2D eigenvalue weighted by Crippen LogP contribution is 2.18. The van der Waals surface area contributed by atoms with Crippen LogP contribution in [0.4, 0.5) is 4.39 Å². The van der Waals surface area contributed by atoms with Crippen LogP contribution in [-0.2, 0) is 6.42 Å². The molecular formula is C15H23ClFN. The summed E-state index contributed by atoms with van der Waals surface area (Å²) in [5.74, 6) is 0.356. The maximum atomic E-state index is 13.3. The molecule has 0 aliphatic carbocycles. The molecule has 1 atom stereocenters. The predicted octanol–water partition coefficient (Wildman–Crippen LogP) is 4.44. The Morgan fingerprint density at radius 3 is 2.61 bits per heavy atom.